The molecular weight excluding hydrogens is 442 g/mol. The molecule has 3 aromatic carbocycles. The summed E-state index contributed by atoms with van der Waals surface area (Å²) in [5.74, 6) is -0.888. The Hall–Kier alpha value is -3.98. The number of carbonyl (C=O) groups is 2. The number of esters is 1. The van der Waals surface area contributed by atoms with Gasteiger partial charge in [-0.15, -0.1) is 0 Å². The molecule has 0 aromatic heterocycles. The van der Waals surface area contributed by atoms with Gasteiger partial charge in [-0.05, 0) is 61.0 Å². The van der Waals surface area contributed by atoms with E-state index in [-0.39, 0.29) is 4.90 Å². The Balaban J connectivity index is 1.64. The van der Waals surface area contributed by atoms with Gasteiger partial charge in [0.15, 0.2) is 0 Å². The van der Waals surface area contributed by atoms with E-state index < -0.39 is 21.9 Å². The summed E-state index contributed by atoms with van der Waals surface area (Å²) in [5.41, 5.74) is 5.21. The molecule has 0 unspecified atom stereocenters. The van der Waals surface area contributed by atoms with E-state index in [4.69, 9.17) is 0 Å². The van der Waals surface area contributed by atoms with E-state index in [2.05, 4.69) is 15.3 Å². The van der Waals surface area contributed by atoms with Crippen molar-refractivity contribution < 1.29 is 22.7 Å². The number of sulfonamides is 1. The highest BCUT2D eigenvalue weighted by Gasteiger charge is 2.21. The first-order valence-corrected chi connectivity index (χ1v) is 11.3. The normalized spacial score (nSPS) is 11.2. The third-order valence-corrected chi connectivity index (χ3v) is 6.68. The Morgan fingerprint density at radius 1 is 0.909 bits per heavy atom. The topological polar surface area (TPSA) is 105 Å². The summed E-state index contributed by atoms with van der Waals surface area (Å²) in [4.78, 5) is 24.0. The highest BCUT2D eigenvalue weighted by Crippen LogP contribution is 2.22. The average Bonchev–Trinajstić information content (AvgIpc) is 2.83. The Morgan fingerprint density at radius 3 is 2.06 bits per heavy atom. The van der Waals surface area contributed by atoms with Crippen LogP contribution in [0.3, 0.4) is 0 Å². The van der Waals surface area contributed by atoms with E-state index in [1.165, 1.54) is 32.5 Å². The van der Waals surface area contributed by atoms with Crippen LogP contribution in [0.2, 0.25) is 0 Å². The van der Waals surface area contributed by atoms with E-state index >= 15 is 0 Å². The van der Waals surface area contributed by atoms with Gasteiger partial charge in [-0.25, -0.2) is 18.6 Å². The Labute approximate surface area is 192 Å². The Bertz CT molecular complexity index is 1270. The van der Waals surface area contributed by atoms with Gasteiger partial charge in [0.05, 0.1) is 29.5 Å². The van der Waals surface area contributed by atoms with E-state index in [0.29, 0.717) is 22.4 Å². The van der Waals surface area contributed by atoms with Gasteiger partial charge in [0.2, 0.25) is 0 Å². The predicted molar refractivity (Wildman–Crippen MR) is 126 cm³/mol. The third kappa shape index (κ3) is 5.64. The summed E-state index contributed by atoms with van der Waals surface area (Å²) in [6.45, 7) is 1.88. The Kier molecular flexibility index (Phi) is 7.24. The van der Waals surface area contributed by atoms with Crippen LogP contribution in [0.5, 0.6) is 0 Å². The molecule has 0 spiro atoms. The second-order valence-corrected chi connectivity index (χ2v) is 9.11. The van der Waals surface area contributed by atoms with Gasteiger partial charge in [0.1, 0.15) is 0 Å². The minimum absolute atomic E-state index is 0.186. The standard InChI is InChI=1S/C24H23N3O5S/c1-17-4-14-22(15-5-17)33(30,31)27(2)21-12-10-19(11-13-21)23(28)26-25-16-18-6-8-20(9-7-18)24(29)32-3/h4-16H,1-3H3,(H,26,28)/b25-16-. The molecule has 0 aliphatic rings. The maximum Gasteiger partial charge on any atom is 0.337 e. The number of hydrogen-bond acceptors (Lipinski definition) is 6. The molecule has 3 aromatic rings. The minimum atomic E-state index is -3.72. The highest BCUT2D eigenvalue weighted by molar-refractivity contribution is 7.92. The second-order valence-electron chi connectivity index (χ2n) is 7.15. The first kappa shape index (κ1) is 23.7. The van der Waals surface area contributed by atoms with Crippen molar-refractivity contribution >= 4 is 33.8 Å². The van der Waals surface area contributed by atoms with Crippen molar-refractivity contribution in [2.24, 2.45) is 5.10 Å². The molecule has 33 heavy (non-hydrogen) atoms. The minimum Gasteiger partial charge on any atom is -0.465 e. The fourth-order valence-electron chi connectivity index (χ4n) is 2.88. The molecule has 9 heteroatoms. The summed E-state index contributed by atoms with van der Waals surface area (Å²) in [6, 6.07) is 19.3. The zero-order valence-corrected chi connectivity index (χ0v) is 19.2. The molecule has 0 heterocycles. The van der Waals surface area contributed by atoms with Crippen LogP contribution in [0.1, 0.15) is 31.8 Å². The lowest BCUT2D eigenvalue weighted by Gasteiger charge is -2.19. The van der Waals surface area contributed by atoms with Gasteiger partial charge in [-0.2, -0.15) is 5.10 Å². The van der Waals surface area contributed by atoms with Gasteiger partial charge >= 0.3 is 5.97 Å². The molecule has 3 rings (SSSR count). The van der Waals surface area contributed by atoms with Crippen LogP contribution in [-0.4, -0.2) is 40.7 Å². The van der Waals surface area contributed by atoms with Crippen molar-refractivity contribution in [1.82, 2.24) is 5.43 Å². The van der Waals surface area contributed by atoms with E-state index in [1.807, 2.05) is 6.92 Å². The molecule has 0 radical (unpaired) electrons. The summed E-state index contributed by atoms with van der Waals surface area (Å²) in [6.07, 6.45) is 1.44. The van der Waals surface area contributed by atoms with Crippen molar-refractivity contribution in [2.75, 3.05) is 18.5 Å². The SMILES string of the molecule is COC(=O)c1ccc(/C=N\NC(=O)c2ccc(N(C)S(=O)(=O)c3ccc(C)cc3)cc2)cc1. The van der Waals surface area contributed by atoms with Gasteiger partial charge in [0, 0.05) is 12.6 Å². The number of hydrazone groups is 1. The lowest BCUT2D eigenvalue weighted by molar-refractivity contribution is 0.0600. The predicted octanol–water partition coefficient (Wildman–Crippen LogP) is 3.37. The van der Waals surface area contributed by atoms with Crippen LogP contribution in [0.4, 0.5) is 5.69 Å². The Morgan fingerprint density at radius 2 is 1.48 bits per heavy atom. The number of nitrogens with one attached hydrogen (secondary N) is 1. The van der Waals surface area contributed by atoms with E-state index in [0.717, 1.165) is 9.87 Å². The van der Waals surface area contributed by atoms with Crippen molar-refractivity contribution in [1.29, 1.82) is 0 Å². The van der Waals surface area contributed by atoms with Gasteiger partial charge in [-0.3, -0.25) is 9.10 Å². The number of rotatable bonds is 7. The number of methoxy groups -OCH3 is 1. The van der Waals surface area contributed by atoms with Crippen molar-refractivity contribution in [3.63, 3.8) is 0 Å². The van der Waals surface area contributed by atoms with Crippen LogP contribution in [0.15, 0.2) is 82.8 Å². The van der Waals surface area contributed by atoms with Crippen LogP contribution < -0.4 is 9.73 Å². The molecule has 0 aliphatic carbocycles. The summed E-state index contributed by atoms with van der Waals surface area (Å²) >= 11 is 0. The van der Waals surface area contributed by atoms with Crippen molar-refractivity contribution in [3.8, 4) is 0 Å². The number of hydrogen-bond donors (Lipinski definition) is 1. The van der Waals surface area contributed by atoms with Crippen LogP contribution in [-0.2, 0) is 14.8 Å². The highest BCUT2D eigenvalue weighted by atomic mass is 32.2. The summed E-state index contributed by atoms with van der Waals surface area (Å²) in [5, 5.41) is 3.91. The number of benzene rings is 3. The van der Waals surface area contributed by atoms with Crippen molar-refractivity contribution in [2.45, 2.75) is 11.8 Å². The number of nitrogens with zero attached hydrogens (tertiary/aromatic N) is 2. The average molecular weight is 466 g/mol. The summed E-state index contributed by atoms with van der Waals surface area (Å²) in [7, 11) is -0.952. The van der Waals surface area contributed by atoms with Crippen LogP contribution in [0, 0.1) is 6.92 Å². The van der Waals surface area contributed by atoms with E-state index in [9.17, 15) is 18.0 Å². The number of ether oxygens (including phenoxy) is 1. The second kappa shape index (κ2) is 10.1. The maximum atomic E-state index is 12.8. The van der Waals surface area contributed by atoms with Gasteiger partial charge in [-0.1, -0.05) is 29.8 Å². The maximum absolute atomic E-state index is 12.8. The molecule has 170 valence electrons. The molecule has 0 saturated heterocycles. The van der Waals surface area contributed by atoms with Crippen molar-refractivity contribution in [3.05, 3.63) is 95.1 Å². The summed E-state index contributed by atoms with van der Waals surface area (Å²) < 4.78 is 31.4. The molecule has 0 aliphatic heterocycles. The monoisotopic (exact) mass is 465 g/mol. The van der Waals surface area contributed by atoms with E-state index in [1.54, 1.807) is 60.7 Å². The zero-order chi connectivity index (χ0) is 24.0. The van der Waals surface area contributed by atoms with Gasteiger partial charge in [0.25, 0.3) is 15.9 Å². The lowest BCUT2D eigenvalue weighted by atomic mass is 10.1. The molecule has 0 bridgehead atoms. The number of aryl methyl sites for hydroxylation is 1. The smallest absolute Gasteiger partial charge is 0.337 e. The molecule has 1 amide bonds. The van der Waals surface area contributed by atoms with Crippen LogP contribution in [0.25, 0.3) is 0 Å². The zero-order valence-electron chi connectivity index (χ0n) is 18.3. The number of carbonyl (C=O) groups excluding carboxylic acids is 2. The quantitative estimate of drug-likeness (QED) is 0.327. The first-order chi connectivity index (χ1) is 15.7. The lowest BCUT2D eigenvalue weighted by Crippen LogP contribution is -2.26. The third-order valence-electron chi connectivity index (χ3n) is 4.88. The van der Waals surface area contributed by atoms with Crippen LogP contribution >= 0.6 is 0 Å². The molecule has 0 atom stereocenters. The molecule has 0 fully saturated rings. The molecule has 8 nitrogen and oxygen atoms in total. The molecule has 0 saturated carbocycles. The van der Waals surface area contributed by atoms with Gasteiger partial charge < -0.3 is 4.74 Å². The fourth-order valence-corrected chi connectivity index (χ4v) is 4.08. The molecule has 1 N–H and O–H groups in total. The number of amides is 1. The molecular formula is C24H23N3O5S. The first-order valence-electron chi connectivity index (χ1n) is 9.90. The number of anilines is 1. The largest absolute Gasteiger partial charge is 0.465 e. The fraction of sp³-hybridized carbons (Fsp3) is 0.125.